The zero-order valence-corrected chi connectivity index (χ0v) is 40.7. The van der Waals surface area contributed by atoms with Gasteiger partial charge in [0.1, 0.15) is 5.82 Å². The van der Waals surface area contributed by atoms with Crippen molar-refractivity contribution in [1.29, 1.82) is 0 Å². The Morgan fingerprint density at radius 1 is 0.732 bits per heavy atom. The number of carbonyl (C=O) groups excluding carboxylic acids is 4. The highest BCUT2D eigenvalue weighted by Gasteiger charge is 2.31. The van der Waals surface area contributed by atoms with Crippen molar-refractivity contribution < 1.29 is 28.3 Å². The van der Waals surface area contributed by atoms with Gasteiger partial charge in [-0.3, -0.25) is 28.9 Å². The zero-order valence-electron chi connectivity index (χ0n) is 40.7. The quantitative estimate of drug-likeness (QED) is 0.133. The molecule has 0 radical (unpaired) electrons. The van der Waals surface area contributed by atoms with Crippen molar-refractivity contribution in [2.24, 2.45) is 11.8 Å². The second kappa shape index (κ2) is 23.2. The summed E-state index contributed by atoms with van der Waals surface area (Å²) < 4.78 is 20.6. The zero-order chi connectivity index (χ0) is 49.3. The highest BCUT2D eigenvalue weighted by Crippen LogP contribution is 2.28. The molecule has 3 aromatic carbocycles. The Balaban J connectivity index is 0.717. The van der Waals surface area contributed by atoms with E-state index in [9.17, 15) is 24.0 Å². The van der Waals surface area contributed by atoms with E-state index < -0.39 is 11.7 Å². The molecule has 4 fully saturated rings. The molecule has 4 amide bonds. The van der Waals surface area contributed by atoms with E-state index in [2.05, 4.69) is 49.7 Å². The van der Waals surface area contributed by atoms with E-state index in [1.54, 1.807) is 40.3 Å². The van der Waals surface area contributed by atoms with Gasteiger partial charge in [0.15, 0.2) is 5.69 Å². The Labute approximate surface area is 413 Å². The van der Waals surface area contributed by atoms with Gasteiger partial charge in [-0.25, -0.2) is 14.5 Å². The van der Waals surface area contributed by atoms with Gasteiger partial charge in [0.2, 0.25) is 11.8 Å². The third-order valence-corrected chi connectivity index (χ3v) is 14.7. The van der Waals surface area contributed by atoms with E-state index in [1.807, 2.05) is 35.2 Å². The van der Waals surface area contributed by atoms with Crippen LogP contribution in [0.15, 0.2) is 83.8 Å². The van der Waals surface area contributed by atoms with Gasteiger partial charge in [0, 0.05) is 109 Å². The number of halogens is 1. The molecular formula is C54H65FN10O6. The minimum atomic E-state index is -0.609. The van der Waals surface area contributed by atoms with Crippen LogP contribution in [-0.2, 0) is 27.2 Å². The minimum absolute atomic E-state index is 0.0242. The van der Waals surface area contributed by atoms with E-state index in [0.717, 1.165) is 95.7 Å². The van der Waals surface area contributed by atoms with Gasteiger partial charge in [-0.15, -0.1) is 0 Å². The molecule has 0 unspecified atom stereocenters. The van der Waals surface area contributed by atoms with Crippen LogP contribution in [-0.4, -0.2) is 168 Å². The van der Waals surface area contributed by atoms with Crippen molar-refractivity contribution in [2.45, 2.75) is 45.4 Å². The number of aromatic nitrogens is 3. The first-order chi connectivity index (χ1) is 34.6. The van der Waals surface area contributed by atoms with Gasteiger partial charge in [0.05, 0.1) is 35.4 Å². The maximum Gasteiger partial charge on any atom is 0.274 e. The van der Waals surface area contributed by atoms with Gasteiger partial charge in [0.25, 0.3) is 17.4 Å². The van der Waals surface area contributed by atoms with Crippen molar-refractivity contribution >= 4 is 40.1 Å². The first-order valence-electron chi connectivity index (χ1n) is 25.3. The van der Waals surface area contributed by atoms with Crippen LogP contribution in [0.5, 0.6) is 0 Å². The molecule has 2 aromatic heterocycles. The molecule has 0 bridgehead atoms. The monoisotopic (exact) mass is 969 g/mol. The lowest BCUT2D eigenvalue weighted by Crippen LogP contribution is -2.55. The normalized spacial score (nSPS) is 17.7. The third-order valence-electron chi connectivity index (χ3n) is 14.7. The van der Waals surface area contributed by atoms with E-state index in [4.69, 9.17) is 9.72 Å². The van der Waals surface area contributed by atoms with Crippen LogP contribution in [0.1, 0.15) is 70.3 Å². The molecule has 374 valence electrons. The number of piperazine rings is 2. The molecule has 0 saturated carbocycles. The van der Waals surface area contributed by atoms with Gasteiger partial charge in [-0.1, -0.05) is 55.5 Å². The molecule has 0 atom stereocenters. The molecule has 17 heteroatoms. The molecule has 5 aromatic rings. The van der Waals surface area contributed by atoms with Crippen molar-refractivity contribution in [1.82, 2.24) is 45.0 Å². The second-order valence-corrected chi connectivity index (χ2v) is 19.4. The number of hydrogen-bond donors (Lipinski definition) is 3. The molecule has 9 rings (SSSR count). The molecule has 0 spiro atoms. The fraction of sp³-hybridized carbons (Fsp3) is 0.463. The fourth-order valence-electron chi connectivity index (χ4n) is 10.3. The standard InChI is InChI=1S/C54H65FN10O6/c1-2-37-6-5-7-41(28-37)42-31-48(58-49(66)34-56-32-38-14-26-71-27-15-38)51(57-33-42)54(70)64-16-12-39(13-17-64)35-61-18-20-62(21-19-61)36-50(67)63-22-24-65(25-23-63)53(69)45-29-40(10-11-46(45)55)30-47-43-8-3-4-9-44(43)52(68)60-59-47/h3-11,28-29,31,33,38-39,56H,2,12-27,30,32,34-36H2,1H3,(H,58,66)(H,60,68). The summed E-state index contributed by atoms with van der Waals surface area (Å²) in [5.74, 6) is -0.490. The number of rotatable bonds is 15. The fourth-order valence-corrected chi connectivity index (χ4v) is 10.3. The maximum atomic E-state index is 15.1. The molecule has 4 aliphatic heterocycles. The number of anilines is 1. The predicted molar refractivity (Wildman–Crippen MR) is 270 cm³/mol. The van der Waals surface area contributed by atoms with Crippen LogP contribution in [0.25, 0.3) is 21.9 Å². The van der Waals surface area contributed by atoms with E-state index in [-0.39, 0.29) is 41.1 Å². The molecule has 4 aliphatic rings. The average molecular weight is 969 g/mol. The number of likely N-dealkylation sites (tertiary alicyclic amines) is 1. The summed E-state index contributed by atoms with van der Waals surface area (Å²) in [5, 5.41) is 14.3. The predicted octanol–water partition coefficient (Wildman–Crippen LogP) is 4.69. The number of aryl methyl sites for hydroxylation is 1. The number of piperidine rings is 1. The minimum Gasteiger partial charge on any atom is -0.381 e. The van der Waals surface area contributed by atoms with Crippen LogP contribution in [0, 0.1) is 17.7 Å². The van der Waals surface area contributed by atoms with Crippen LogP contribution in [0.4, 0.5) is 10.1 Å². The summed E-state index contributed by atoms with van der Waals surface area (Å²) in [6.45, 7) is 11.5. The summed E-state index contributed by atoms with van der Waals surface area (Å²) in [4.78, 5) is 81.4. The number of amides is 4. The maximum absolute atomic E-state index is 15.1. The van der Waals surface area contributed by atoms with Gasteiger partial charge in [-0.05, 0) is 91.4 Å². The van der Waals surface area contributed by atoms with Crippen LogP contribution < -0.4 is 16.2 Å². The number of carbonyl (C=O) groups is 4. The molecule has 3 N–H and O–H groups in total. The molecule has 71 heavy (non-hydrogen) atoms. The number of aromatic amines is 1. The van der Waals surface area contributed by atoms with Crippen molar-refractivity contribution in [3.63, 3.8) is 0 Å². The Kier molecular flexibility index (Phi) is 16.2. The molecule has 16 nitrogen and oxygen atoms in total. The summed E-state index contributed by atoms with van der Waals surface area (Å²) >= 11 is 0. The molecule has 4 saturated heterocycles. The second-order valence-electron chi connectivity index (χ2n) is 19.4. The van der Waals surface area contributed by atoms with Gasteiger partial charge in [-0.2, -0.15) is 5.10 Å². The van der Waals surface area contributed by atoms with Crippen molar-refractivity contribution in [3.8, 4) is 11.1 Å². The lowest BCUT2D eigenvalue weighted by molar-refractivity contribution is -0.134. The van der Waals surface area contributed by atoms with E-state index in [0.29, 0.717) is 91.8 Å². The van der Waals surface area contributed by atoms with Crippen LogP contribution in [0.3, 0.4) is 0 Å². The SMILES string of the molecule is CCc1cccc(-c2cnc(C(=O)N3CCC(CN4CCN(CC(=O)N5CCN(C(=O)c6cc(Cc7n[nH]c(=O)c8ccccc78)ccc6F)CC5)CC4)CC3)c(NC(=O)CNCC3CCOCC3)c2)c1. The lowest BCUT2D eigenvalue weighted by atomic mass is 9.95. The average Bonchev–Trinajstić information content (AvgIpc) is 3.40. The van der Waals surface area contributed by atoms with Gasteiger partial charge >= 0.3 is 0 Å². The largest absolute Gasteiger partial charge is 0.381 e. The summed E-state index contributed by atoms with van der Waals surface area (Å²) in [6.07, 6.45) is 6.61. The number of nitrogens with one attached hydrogen (secondary N) is 3. The number of ether oxygens (including phenoxy) is 1. The number of fused-ring (bicyclic) bond motifs is 1. The Bertz CT molecular complexity index is 2760. The number of nitrogens with zero attached hydrogens (tertiary/aromatic N) is 7. The Morgan fingerprint density at radius 3 is 2.21 bits per heavy atom. The van der Waals surface area contributed by atoms with Crippen molar-refractivity contribution in [3.05, 3.63) is 123 Å². The van der Waals surface area contributed by atoms with Crippen LogP contribution >= 0.6 is 0 Å². The molecule has 0 aliphatic carbocycles. The lowest BCUT2D eigenvalue weighted by Gasteiger charge is -2.40. The first-order valence-corrected chi connectivity index (χ1v) is 25.3. The Hall–Kier alpha value is -6.40. The van der Waals surface area contributed by atoms with Crippen molar-refractivity contribution in [2.75, 3.05) is 110 Å². The number of H-pyrrole nitrogens is 1. The highest BCUT2D eigenvalue weighted by atomic mass is 19.1. The topological polar surface area (TPSA) is 176 Å². The Morgan fingerprint density at radius 2 is 1.45 bits per heavy atom. The summed E-state index contributed by atoms with van der Waals surface area (Å²) in [5.41, 5.74) is 4.69. The van der Waals surface area contributed by atoms with Gasteiger partial charge < -0.3 is 35.0 Å². The number of pyridine rings is 1. The number of benzene rings is 3. The molecular weight excluding hydrogens is 904 g/mol. The summed E-state index contributed by atoms with van der Waals surface area (Å²) in [7, 11) is 0. The first kappa shape index (κ1) is 49.6. The smallest absolute Gasteiger partial charge is 0.274 e. The summed E-state index contributed by atoms with van der Waals surface area (Å²) in [6, 6.07) is 21.8. The van der Waals surface area contributed by atoms with E-state index >= 15 is 4.39 Å². The highest BCUT2D eigenvalue weighted by molar-refractivity contribution is 6.03. The van der Waals surface area contributed by atoms with Crippen LogP contribution in [0.2, 0.25) is 0 Å². The van der Waals surface area contributed by atoms with E-state index in [1.165, 1.54) is 11.6 Å². The number of hydrogen-bond acceptors (Lipinski definition) is 11. The molecule has 6 heterocycles. The third kappa shape index (κ3) is 12.4.